The monoisotopic (exact) mass is 331 g/mol. The number of hydrogen-bond acceptors (Lipinski definition) is 3. The number of hydrogen-bond donors (Lipinski definition) is 2. The Kier molecular flexibility index (Phi) is 4.90. The van der Waals surface area contributed by atoms with Gasteiger partial charge in [0, 0.05) is 23.4 Å². The van der Waals surface area contributed by atoms with Crippen molar-refractivity contribution in [1.29, 1.82) is 0 Å². The van der Waals surface area contributed by atoms with Gasteiger partial charge >= 0.3 is 5.97 Å². The number of ketones is 1. The molecule has 0 aliphatic carbocycles. The number of aromatic carboxylic acids is 1. The van der Waals surface area contributed by atoms with E-state index >= 15 is 0 Å². The van der Waals surface area contributed by atoms with Crippen molar-refractivity contribution >= 4 is 17.4 Å². The Morgan fingerprint density at radius 3 is 1.80 bits per heavy atom. The zero-order valence-corrected chi connectivity index (χ0v) is 13.5. The third-order valence-corrected chi connectivity index (χ3v) is 3.88. The normalized spacial score (nSPS) is 10.2. The van der Waals surface area contributed by atoms with Crippen molar-refractivity contribution in [3.63, 3.8) is 0 Å². The van der Waals surface area contributed by atoms with Crippen LogP contribution in [0.4, 0.5) is 5.69 Å². The molecule has 0 bridgehead atoms. The van der Waals surface area contributed by atoms with Gasteiger partial charge < -0.3 is 10.4 Å². The molecule has 0 aliphatic heterocycles. The molecular formula is C21H17NO3. The van der Waals surface area contributed by atoms with Crippen LogP contribution in [-0.2, 0) is 6.54 Å². The topological polar surface area (TPSA) is 66.4 Å². The molecule has 3 aromatic rings. The fraction of sp³-hybridized carbons (Fsp3) is 0.0476. The number of benzene rings is 3. The Morgan fingerprint density at radius 2 is 1.24 bits per heavy atom. The van der Waals surface area contributed by atoms with E-state index in [1.165, 1.54) is 29.8 Å². The lowest BCUT2D eigenvalue weighted by atomic mass is 10.0. The van der Waals surface area contributed by atoms with Crippen LogP contribution < -0.4 is 5.32 Å². The SMILES string of the molecule is O=C(O)c1ccc(C(=O)c2ccc(NCc3ccccc3)cc2)cc1. The number of carboxylic acid groups (broad SMARTS) is 1. The maximum absolute atomic E-state index is 12.5. The van der Waals surface area contributed by atoms with E-state index in [0.717, 1.165) is 5.69 Å². The van der Waals surface area contributed by atoms with Crippen molar-refractivity contribution < 1.29 is 14.7 Å². The van der Waals surface area contributed by atoms with E-state index in [1.54, 1.807) is 12.1 Å². The van der Waals surface area contributed by atoms with Crippen LogP contribution in [0, 0.1) is 0 Å². The van der Waals surface area contributed by atoms with Gasteiger partial charge in [-0.25, -0.2) is 4.79 Å². The maximum atomic E-state index is 12.5. The molecule has 0 fully saturated rings. The molecule has 0 saturated heterocycles. The first-order chi connectivity index (χ1) is 12.1. The van der Waals surface area contributed by atoms with Gasteiger partial charge in [-0.05, 0) is 42.0 Å². The molecule has 2 N–H and O–H groups in total. The predicted molar refractivity (Wildman–Crippen MR) is 97.0 cm³/mol. The van der Waals surface area contributed by atoms with Crippen LogP contribution in [-0.4, -0.2) is 16.9 Å². The minimum Gasteiger partial charge on any atom is -0.478 e. The molecule has 0 spiro atoms. The zero-order valence-electron chi connectivity index (χ0n) is 13.5. The number of anilines is 1. The Balaban J connectivity index is 1.67. The van der Waals surface area contributed by atoms with E-state index in [2.05, 4.69) is 5.32 Å². The largest absolute Gasteiger partial charge is 0.478 e. The van der Waals surface area contributed by atoms with Gasteiger partial charge in [0.1, 0.15) is 0 Å². The van der Waals surface area contributed by atoms with Crippen molar-refractivity contribution in [2.45, 2.75) is 6.54 Å². The first-order valence-electron chi connectivity index (χ1n) is 7.89. The van der Waals surface area contributed by atoms with E-state index in [0.29, 0.717) is 17.7 Å². The number of carboxylic acids is 1. The first kappa shape index (κ1) is 16.5. The number of rotatable bonds is 6. The summed E-state index contributed by atoms with van der Waals surface area (Å²) in [5, 5.41) is 12.2. The number of nitrogens with one attached hydrogen (secondary N) is 1. The molecule has 25 heavy (non-hydrogen) atoms. The van der Waals surface area contributed by atoms with E-state index in [4.69, 9.17) is 5.11 Å². The molecule has 3 aromatic carbocycles. The Labute approximate surface area is 145 Å². The van der Waals surface area contributed by atoms with Crippen LogP contribution in [0.2, 0.25) is 0 Å². The standard InChI is InChI=1S/C21H17NO3/c23-20(16-6-8-18(9-7-16)21(24)25)17-10-12-19(13-11-17)22-14-15-4-2-1-3-5-15/h1-13,22H,14H2,(H,24,25). The van der Waals surface area contributed by atoms with Gasteiger partial charge in [0.25, 0.3) is 0 Å². The first-order valence-corrected chi connectivity index (χ1v) is 7.89. The van der Waals surface area contributed by atoms with E-state index in [1.807, 2.05) is 42.5 Å². The van der Waals surface area contributed by atoms with E-state index < -0.39 is 5.97 Å². The molecule has 0 unspecified atom stereocenters. The van der Waals surface area contributed by atoms with Gasteiger partial charge in [0.15, 0.2) is 5.78 Å². The minimum absolute atomic E-state index is 0.133. The van der Waals surface area contributed by atoms with Crippen LogP contribution >= 0.6 is 0 Å². The Bertz CT molecular complexity index is 869. The summed E-state index contributed by atoms with van der Waals surface area (Å²) in [7, 11) is 0. The molecule has 124 valence electrons. The van der Waals surface area contributed by atoms with Crippen LogP contribution in [0.15, 0.2) is 78.9 Å². The molecule has 4 nitrogen and oxygen atoms in total. The predicted octanol–water partition coefficient (Wildman–Crippen LogP) is 4.23. The van der Waals surface area contributed by atoms with Crippen LogP contribution in [0.5, 0.6) is 0 Å². The molecule has 0 aromatic heterocycles. The summed E-state index contributed by atoms with van der Waals surface area (Å²) < 4.78 is 0. The summed E-state index contributed by atoms with van der Waals surface area (Å²) in [5.74, 6) is -1.14. The van der Waals surface area contributed by atoms with Crippen molar-refractivity contribution in [2.75, 3.05) is 5.32 Å². The van der Waals surface area contributed by atoms with Crippen molar-refractivity contribution in [2.24, 2.45) is 0 Å². The van der Waals surface area contributed by atoms with Crippen molar-refractivity contribution in [3.8, 4) is 0 Å². The summed E-state index contributed by atoms with van der Waals surface area (Å²) in [6, 6.07) is 23.3. The second kappa shape index (κ2) is 7.45. The van der Waals surface area contributed by atoms with Gasteiger partial charge in [0.05, 0.1) is 5.56 Å². The highest BCUT2D eigenvalue weighted by atomic mass is 16.4. The minimum atomic E-state index is -1.01. The van der Waals surface area contributed by atoms with Crippen LogP contribution in [0.25, 0.3) is 0 Å². The van der Waals surface area contributed by atoms with Gasteiger partial charge in [0.2, 0.25) is 0 Å². The average Bonchev–Trinajstić information content (AvgIpc) is 2.67. The second-order valence-corrected chi connectivity index (χ2v) is 5.63. The van der Waals surface area contributed by atoms with Crippen molar-refractivity contribution in [1.82, 2.24) is 0 Å². The molecule has 0 radical (unpaired) electrons. The smallest absolute Gasteiger partial charge is 0.335 e. The Morgan fingerprint density at radius 1 is 0.720 bits per heavy atom. The molecule has 0 atom stereocenters. The van der Waals surface area contributed by atoms with E-state index in [9.17, 15) is 9.59 Å². The molecule has 0 saturated carbocycles. The molecule has 0 amide bonds. The highest BCUT2D eigenvalue weighted by Gasteiger charge is 2.10. The summed E-state index contributed by atoms with van der Waals surface area (Å²) in [4.78, 5) is 23.3. The molecular weight excluding hydrogens is 314 g/mol. The zero-order chi connectivity index (χ0) is 17.6. The van der Waals surface area contributed by atoms with Crippen LogP contribution in [0.1, 0.15) is 31.8 Å². The number of carbonyl (C=O) groups excluding carboxylic acids is 1. The van der Waals surface area contributed by atoms with Gasteiger partial charge in [-0.15, -0.1) is 0 Å². The quantitative estimate of drug-likeness (QED) is 0.664. The fourth-order valence-corrected chi connectivity index (χ4v) is 2.47. The molecule has 0 aliphatic rings. The summed E-state index contributed by atoms with van der Waals surface area (Å²) in [6.45, 7) is 0.713. The highest BCUT2D eigenvalue weighted by Crippen LogP contribution is 2.15. The lowest BCUT2D eigenvalue weighted by Gasteiger charge is -2.08. The van der Waals surface area contributed by atoms with Gasteiger partial charge in [-0.2, -0.15) is 0 Å². The fourth-order valence-electron chi connectivity index (χ4n) is 2.47. The summed E-state index contributed by atoms with van der Waals surface area (Å²) in [5.41, 5.74) is 3.31. The second-order valence-electron chi connectivity index (χ2n) is 5.63. The molecule has 0 heterocycles. The molecule has 3 rings (SSSR count). The van der Waals surface area contributed by atoms with Crippen LogP contribution in [0.3, 0.4) is 0 Å². The third-order valence-electron chi connectivity index (χ3n) is 3.88. The van der Waals surface area contributed by atoms with Crippen molar-refractivity contribution in [3.05, 3.63) is 101 Å². The lowest BCUT2D eigenvalue weighted by Crippen LogP contribution is -2.04. The summed E-state index contributed by atoms with van der Waals surface area (Å²) in [6.07, 6.45) is 0. The number of carbonyl (C=O) groups is 2. The Hall–Kier alpha value is -3.40. The molecule has 4 heteroatoms. The maximum Gasteiger partial charge on any atom is 0.335 e. The third kappa shape index (κ3) is 4.12. The lowest BCUT2D eigenvalue weighted by molar-refractivity contribution is 0.0696. The average molecular weight is 331 g/mol. The summed E-state index contributed by atoms with van der Waals surface area (Å²) >= 11 is 0. The van der Waals surface area contributed by atoms with E-state index in [-0.39, 0.29) is 11.3 Å². The van der Waals surface area contributed by atoms with Gasteiger partial charge in [-0.1, -0.05) is 42.5 Å². The highest BCUT2D eigenvalue weighted by molar-refractivity contribution is 6.09. The van der Waals surface area contributed by atoms with Gasteiger partial charge in [-0.3, -0.25) is 4.79 Å².